The molecule has 0 saturated heterocycles. The molecule has 1 saturated carbocycles. The monoisotopic (exact) mass is 386 g/mol. The second-order valence-electron chi connectivity index (χ2n) is 8.07. The van der Waals surface area contributed by atoms with E-state index < -0.39 is 0 Å². The Morgan fingerprint density at radius 3 is 2.21 bits per heavy atom. The minimum atomic E-state index is -0.0967. The third-order valence-electron chi connectivity index (χ3n) is 5.88. The number of halogens is 1. The summed E-state index contributed by atoms with van der Waals surface area (Å²) in [4.78, 5) is 0. The predicted octanol–water partition coefficient (Wildman–Crippen LogP) is 7.26. The zero-order valence-electron chi connectivity index (χ0n) is 17.7. The first kappa shape index (κ1) is 21.2. The third-order valence-corrected chi connectivity index (χ3v) is 5.88. The molecule has 0 bridgehead atoms. The Morgan fingerprint density at radius 2 is 1.55 bits per heavy atom. The molecule has 0 amide bonds. The first-order valence-corrected chi connectivity index (χ1v) is 11.1. The Kier molecular flexibility index (Phi) is 7.95. The standard InChI is InChI=1S/C28H31F/c1-3-5-6-8-23-9-11-24(12-10-23)13-14-25-17-20-27(28(29)21-25)26-18-15-22(7-4-2)16-19-26/h9-12,17,20-22,26H,3-4,7-8,15-16,18-19H2,1-2H3. The lowest BCUT2D eigenvalue weighted by Crippen LogP contribution is -2.14. The Morgan fingerprint density at radius 1 is 0.862 bits per heavy atom. The van der Waals surface area contributed by atoms with E-state index in [1.807, 2.05) is 24.3 Å². The highest BCUT2D eigenvalue weighted by molar-refractivity contribution is 5.45. The van der Waals surface area contributed by atoms with E-state index >= 15 is 0 Å². The molecule has 0 heterocycles. The smallest absolute Gasteiger partial charge is 0.127 e. The van der Waals surface area contributed by atoms with E-state index in [-0.39, 0.29) is 5.82 Å². The number of hydrogen-bond donors (Lipinski definition) is 0. The van der Waals surface area contributed by atoms with Gasteiger partial charge in [-0.1, -0.05) is 62.6 Å². The zero-order chi connectivity index (χ0) is 20.5. The van der Waals surface area contributed by atoms with Crippen molar-refractivity contribution in [2.45, 2.75) is 71.1 Å². The van der Waals surface area contributed by atoms with Gasteiger partial charge in [-0.3, -0.25) is 0 Å². The van der Waals surface area contributed by atoms with Gasteiger partial charge in [0.2, 0.25) is 0 Å². The van der Waals surface area contributed by atoms with Crippen LogP contribution in [0.5, 0.6) is 0 Å². The van der Waals surface area contributed by atoms with Crippen molar-refractivity contribution in [3.05, 3.63) is 70.5 Å². The number of hydrogen-bond acceptors (Lipinski definition) is 0. The summed E-state index contributed by atoms with van der Waals surface area (Å²) in [6, 6.07) is 13.7. The fourth-order valence-corrected chi connectivity index (χ4v) is 4.25. The van der Waals surface area contributed by atoms with Crippen LogP contribution in [-0.4, -0.2) is 0 Å². The molecule has 0 nitrogen and oxygen atoms in total. The second-order valence-corrected chi connectivity index (χ2v) is 8.07. The fourth-order valence-electron chi connectivity index (χ4n) is 4.25. The van der Waals surface area contributed by atoms with Crippen molar-refractivity contribution in [3.63, 3.8) is 0 Å². The third kappa shape index (κ3) is 6.24. The lowest BCUT2D eigenvalue weighted by atomic mass is 9.77. The molecule has 0 atom stereocenters. The number of rotatable bonds is 4. The van der Waals surface area contributed by atoms with Gasteiger partial charge in [0, 0.05) is 24.0 Å². The van der Waals surface area contributed by atoms with Crippen LogP contribution in [0.25, 0.3) is 0 Å². The zero-order valence-corrected chi connectivity index (χ0v) is 17.7. The topological polar surface area (TPSA) is 0 Å². The molecular weight excluding hydrogens is 355 g/mol. The van der Waals surface area contributed by atoms with E-state index in [1.54, 1.807) is 6.07 Å². The molecule has 0 radical (unpaired) electrons. The number of benzene rings is 2. The van der Waals surface area contributed by atoms with Crippen molar-refractivity contribution in [1.82, 2.24) is 0 Å². The van der Waals surface area contributed by atoms with E-state index in [1.165, 1.54) is 31.2 Å². The van der Waals surface area contributed by atoms with Gasteiger partial charge in [0.15, 0.2) is 0 Å². The summed E-state index contributed by atoms with van der Waals surface area (Å²) in [5.41, 5.74) is 3.75. The predicted molar refractivity (Wildman–Crippen MR) is 120 cm³/mol. The average molecular weight is 387 g/mol. The van der Waals surface area contributed by atoms with E-state index in [0.717, 1.165) is 48.3 Å². The summed E-state index contributed by atoms with van der Waals surface area (Å²) in [5, 5.41) is 0. The van der Waals surface area contributed by atoms with Gasteiger partial charge in [0.1, 0.15) is 5.82 Å². The molecule has 0 unspecified atom stereocenters. The maximum Gasteiger partial charge on any atom is 0.127 e. The van der Waals surface area contributed by atoms with Gasteiger partial charge < -0.3 is 0 Å². The molecule has 3 rings (SSSR count). The molecule has 2 aromatic carbocycles. The summed E-state index contributed by atoms with van der Waals surface area (Å²) >= 11 is 0. The molecule has 29 heavy (non-hydrogen) atoms. The Hall–Kier alpha value is -2.51. The van der Waals surface area contributed by atoms with Crippen molar-refractivity contribution >= 4 is 0 Å². The molecule has 1 heteroatoms. The van der Waals surface area contributed by atoms with Gasteiger partial charge in [-0.05, 0) is 72.9 Å². The van der Waals surface area contributed by atoms with Crippen LogP contribution in [0.1, 0.15) is 87.0 Å². The summed E-state index contributed by atoms with van der Waals surface area (Å²) in [6.07, 6.45) is 8.93. The Labute approximate surface area is 175 Å². The van der Waals surface area contributed by atoms with Gasteiger partial charge in [-0.25, -0.2) is 4.39 Å². The Bertz CT molecular complexity index is 907. The SMILES string of the molecule is CCC#CCc1ccc(C#Cc2ccc(C3CCC(CCC)CC3)c(F)c2)cc1. The second kappa shape index (κ2) is 10.9. The van der Waals surface area contributed by atoms with Crippen LogP contribution in [-0.2, 0) is 6.42 Å². The summed E-state index contributed by atoms with van der Waals surface area (Å²) in [7, 11) is 0. The van der Waals surface area contributed by atoms with Crippen molar-refractivity contribution < 1.29 is 4.39 Å². The van der Waals surface area contributed by atoms with E-state index in [2.05, 4.69) is 49.7 Å². The van der Waals surface area contributed by atoms with Crippen LogP contribution in [0.3, 0.4) is 0 Å². The molecule has 1 aliphatic carbocycles. The molecule has 2 aromatic rings. The molecule has 0 aliphatic heterocycles. The maximum atomic E-state index is 14.7. The first-order chi connectivity index (χ1) is 14.2. The fraction of sp³-hybridized carbons (Fsp3) is 0.429. The minimum Gasteiger partial charge on any atom is -0.207 e. The molecule has 0 N–H and O–H groups in total. The van der Waals surface area contributed by atoms with Gasteiger partial charge >= 0.3 is 0 Å². The van der Waals surface area contributed by atoms with Gasteiger partial charge in [-0.15, -0.1) is 5.92 Å². The minimum absolute atomic E-state index is 0.0967. The van der Waals surface area contributed by atoms with Gasteiger partial charge in [0.25, 0.3) is 0 Å². The van der Waals surface area contributed by atoms with Crippen molar-refractivity contribution in [3.8, 4) is 23.7 Å². The van der Waals surface area contributed by atoms with Crippen LogP contribution >= 0.6 is 0 Å². The lowest BCUT2D eigenvalue weighted by Gasteiger charge is -2.28. The van der Waals surface area contributed by atoms with Crippen molar-refractivity contribution in [2.24, 2.45) is 5.92 Å². The highest BCUT2D eigenvalue weighted by atomic mass is 19.1. The average Bonchev–Trinajstić information content (AvgIpc) is 2.74. The summed E-state index contributed by atoms with van der Waals surface area (Å²) in [6.45, 7) is 4.31. The first-order valence-electron chi connectivity index (χ1n) is 11.1. The molecule has 0 spiro atoms. The molecule has 0 aromatic heterocycles. The molecule has 150 valence electrons. The van der Waals surface area contributed by atoms with E-state index in [0.29, 0.717) is 5.92 Å². The highest BCUT2D eigenvalue weighted by Gasteiger charge is 2.23. The summed E-state index contributed by atoms with van der Waals surface area (Å²) < 4.78 is 14.7. The van der Waals surface area contributed by atoms with E-state index in [9.17, 15) is 4.39 Å². The van der Waals surface area contributed by atoms with Crippen LogP contribution in [0.4, 0.5) is 4.39 Å². The Balaban J connectivity index is 1.63. The lowest BCUT2D eigenvalue weighted by molar-refractivity contribution is 0.304. The van der Waals surface area contributed by atoms with Crippen LogP contribution in [0.15, 0.2) is 42.5 Å². The highest BCUT2D eigenvalue weighted by Crippen LogP contribution is 2.38. The normalized spacial score (nSPS) is 18.3. The molecule has 1 fully saturated rings. The van der Waals surface area contributed by atoms with Gasteiger partial charge in [0.05, 0.1) is 0 Å². The van der Waals surface area contributed by atoms with E-state index in [4.69, 9.17) is 0 Å². The van der Waals surface area contributed by atoms with Crippen LogP contribution < -0.4 is 0 Å². The maximum absolute atomic E-state index is 14.7. The molecular formula is C28H31F. The summed E-state index contributed by atoms with van der Waals surface area (Å²) in [5.74, 6) is 13.6. The quantitative estimate of drug-likeness (QED) is 0.485. The van der Waals surface area contributed by atoms with Crippen molar-refractivity contribution in [2.75, 3.05) is 0 Å². The van der Waals surface area contributed by atoms with Crippen LogP contribution in [0, 0.1) is 35.4 Å². The largest absolute Gasteiger partial charge is 0.207 e. The van der Waals surface area contributed by atoms with Gasteiger partial charge in [-0.2, -0.15) is 0 Å². The van der Waals surface area contributed by atoms with Crippen LogP contribution in [0.2, 0.25) is 0 Å². The van der Waals surface area contributed by atoms with Crippen molar-refractivity contribution in [1.29, 1.82) is 0 Å². The molecule has 1 aliphatic rings.